The van der Waals surface area contributed by atoms with Crippen LogP contribution in [-0.2, 0) is 9.84 Å². The van der Waals surface area contributed by atoms with Crippen LogP contribution in [0.15, 0.2) is 0 Å². The molecule has 1 rings (SSSR count). The molecular formula is C15H32N2O2S. The van der Waals surface area contributed by atoms with Gasteiger partial charge in [0.1, 0.15) is 9.84 Å². The highest BCUT2D eigenvalue weighted by molar-refractivity contribution is 7.90. The molecule has 0 amide bonds. The maximum Gasteiger partial charge on any atom is 0.147 e. The minimum atomic E-state index is -2.85. The summed E-state index contributed by atoms with van der Waals surface area (Å²) in [4.78, 5) is 2.58. The van der Waals surface area contributed by atoms with Crippen molar-refractivity contribution >= 4 is 9.84 Å². The van der Waals surface area contributed by atoms with E-state index in [1.54, 1.807) is 0 Å². The molecule has 1 saturated heterocycles. The van der Waals surface area contributed by atoms with Crippen LogP contribution < -0.4 is 5.32 Å². The summed E-state index contributed by atoms with van der Waals surface area (Å²) in [5.74, 6) is 0.293. The summed E-state index contributed by atoms with van der Waals surface area (Å²) >= 11 is 0. The van der Waals surface area contributed by atoms with Crippen LogP contribution in [0.2, 0.25) is 0 Å². The van der Waals surface area contributed by atoms with E-state index in [9.17, 15) is 8.42 Å². The number of hydrogen-bond donors (Lipinski definition) is 1. The van der Waals surface area contributed by atoms with E-state index in [1.807, 2.05) is 7.05 Å². The summed E-state index contributed by atoms with van der Waals surface area (Å²) < 4.78 is 22.5. The van der Waals surface area contributed by atoms with Crippen LogP contribution in [0.5, 0.6) is 0 Å². The average Bonchev–Trinajstić information content (AvgIpc) is 2.62. The van der Waals surface area contributed by atoms with Crippen LogP contribution in [0.25, 0.3) is 0 Å². The number of hydrogen-bond acceptors (Lipinski definition) is 4. The van der Waals surface area contributed by atoms with E-state index < -0.39 is 9.84 Å². The molecule has 20 heavy (non-hydrogen) atoms. The van der Waals surface area contributed by atoms with Crippen molar-refractivity contribution < 1.29 is 8.42 Å². The molecule has 0 aromatic heterocycles. The van der Waals surface area contributed by atoms with Gasteiger partial charge < -0.3 is 5.32 Å². The fraction of sp³-hybridized carbons (Fsp3) is 1.00. The van der Waals surface area contributed by atoms with E-state index in [0.717, 1.165) is 25.9 Å². The highest BCUT2D eigenvalue weighted by Gasteiger charge is 2.34. The lowest BCUT2D eigenvalue weighted by Gasteiger charge is -2.44. The molecule has 120 valence electrons. The van der Waals surface area contributed by atoms with E-state index in [0.29, 0.717) is 11.8 Å². The van der Waals surface area contributed by atoms with Crippen molar-refractivity contribution in [3.05, 3.63) is 0 Å². The maximum atomic E-state index is 11.3. The molecule has 1 atom stereocenters. The first-order valence-corrected chi connectivity index (χ1v) is 9.93. The highest BCUT2D eigenvalue weighted by Crippen LogP contribution is 2.25. The fourth-order valence-corrected chi connectivity index (χ4v) is 3.96. The molecule has 0 aromatic rings. The molecule has 5 heteroatoms. The third-order valence-electron chi connectivity index (χ3n) is 4.63. The van der Waals surface area contributed by atoms with Crippen molar-refractivity contribution in [2.75, 3.05) is 32.1 Å². The highest BCUT2D eigenvalue weighted by atomic mass is 32.2. The minimum absolute atomic E-state index is 0.0800. The summed E-state index contributed by atoms with van der Waals surface area (Å²) in [5.41, 5.74) is 0.0800. The Morgan fingerprint density at radius 2 is 1.70 bits per heavy atom. The fourth-order valence-electron chi connectivity index (χ4n) is 3.27. The molecule has 4 nitrogen and oxygen atoms in total. The Bertz CT molecular complexity index is 371. The molecule has 1 N–H and O–H groups in total. The van der Waals surface area contributed by atoms with Crippen LogP contribution in [0.1, 0.15) is 52.4 Å². The zero-order chi connectivity index (χ0) is 15.2. The summed E-state index contributed by atoms with van der Waals surface area (Å²) in [6, 6.07) is 0.336. The average molecular weight is 305 g/mol. The van der Waals surface area contributed by atoms with Gasteiger partial charge in [-0.1, -0.05) is 12.8 Å². The molecule has 1 fully saturated rings. The van der Waals surface area contributed by atoms with Gasteiger partial charge in [0.25, 0.3) is 0 Å². The quantitative estimate of drug-likeness (QED) is 0.782. The van der Waals surface area contributed by atoms with E-state index in [2.05, 4.69) is 24.1 Å². The molecule has 1 heterocycles. The van der Waals surface area contributed by atoms with Crippen LogP contribution in [0.4, 0.5) is 0 Å². The van der Waals surface area contributed by atoms with Crippen molar-refractivity contribution in [3.63, 3.8) is 0 Å². The van der Waals surface area contributed by atoms with Crippen LogP contribution >= 0.6 is 0 Å². The maximum absolute atomic E-state index is 11.3. The predicted molar refractivity (Wildman–Crippen MR) is 85.9 cm³/mol. The number of sulfone groups is 1. The van der Waals surface area contributed by atoms with E-state index >= 15 is 0 Å². The number of likely N-dealkylation sites (N-methyl/N-ethyl adjacent to an activating group) is 1. The topological polar surface area (TPSA) is 49.4 Å². The van der Waals surface area contributed by atoms with Crippen molar-refractivity contribution in [2.24, 2.45) is 0 Å². The molecule has 0 bridgehead atoms. The first kappa shape index (κ1) is 17.9. The molecule has 0 spiro atoms. The lowest BCUT2D eigenvalue weighted by molar-refractivity contribution is 0.0828. The second-order valence-electron chi connectivity index (χ2n) is 6.67. The molecule has 1 aliphatic heterocycles. The normalized spacial score (nSPS) is 20.6. The summed E-state index contributed by atoms with van der Waals surface area (Å²) in [6.07, 6.45) is 8.21. The Morgan fingerprint density at radius 1 is 1.15 bits per heavy atom. The monoisotopic (exact) mass is 304 g/mol. The van der Waals surface area contributed by atoms with Gasteiger partial charge in [0, 0.05) is 23.6 Å². The van der Waals surface area contributed by atoms with Gasteiger partial charge in [-0.2, -0.15) is 0 Å². The van der Waals surface area contributed by atoms with Gasteiger partial charge in [-0.05, 0) is 59.7 Å². The molecule has 0 aliphatic carbocycles. The Morgan fingerprint density at radius 3 is 2.15 bits per heavy atom. The zero-order valence-electron chi connectivity index (χ0n) is 13.6. The largest absolute Gasteiger partial charge is 0.315 e. The Labute approximate surface area is 125 Å². The number of likely N-dealkylation sites (tertiary alicyclic amines) is 1. The number of nitrogens with one attached hydrogen (secondary N) is 1. The Balaban J connectivity index is 2.60. The molecule has 1 unspecified atom stereocenters. The van der Waals surface area contributed by atoms with Gasteiger partial charge >= 0.3 is 0 Å². The zero-order valence-corrected chi connectivity index (χ0v) is 14.4. The smallest absolute Gasteiger partial charge is 0.147 e. The van der Waals surface area contributed by atoms with Gasteiger partial charge in [0.15, 0.2) is 0 Å². The molecule has 0 aromatic carbocycles. The first-order chi connectivity index (χ1) is 9.27. The van der Waals surface area contributed by atoms with E-state index in [-0.39, 0.29) is 5.54 Å². The van der Waals surface area contributed by atoms with Crippen molar-refractivity contribution in [2.45, 2.75) is 64.0 Å². The Hall–Kier alpha value is -0.130. The van der Waals surface area contributed by atoms with Gasteiger partial charge in [-0.25, -0.2) is 8.42 Å². The van der Waals surface area contributed by atoms with Crippen molar-refractivity contribution in [1.29, 1.82) is 0 Å². The van der Waals surface area contributed by atoms with E-state index in [1.165, 1.54) is 31.9 Å². The van der Waals surface area contributed by atoms with Crippen LogP contribution in [-0.4, -0.2) is 57.0 Å². The van der Waals surface area contributed by atoms with Crippen molar-refractivity contribution in [1.82, 2.24) is 10.2 Å². The van der Waals surface area contributed by atoms with Crippen LogP contribution in [0, 0.1) is 0 Å². The summed E-state index contributed by atoms with van der Waals surface area (Å²) in [6.45, 7) is 6.91. The van der Waals surface area contributed by atoms with Gasteiger partial charge in [0.05, 0.1) is 0 Å². The second kappa shape index (κ2) is 7.76. The summed E-state index contributed by atoms with van der Waals surface area (Å²) in [5, 5.41) is 3.41. The summed E-state index contributed by atoms with van der Waals surface area (Å²) in [7, 11) is -0.855. The first-order valence-electron chi connectivity index (χ1n) is 7.87. The van der Waals surface area contributed by atoms with Crippen LogP contribution in [0.3, 0.4) is 0 Å². The van der Waals surface area contributed by atoms with Gasteiger partial charge in [-0.15, -0.1) is 0 Å². The second-order valence-corrected chi connectivity index (χ2v) is 8.93. The Kier molecular flexibility index (Phi) is 6.95. The third kappa shape index (κ3) is 5.70. The molecular weight excluding hydrogens is 272 g/mol. The van der Waals surface area contributed by atoms with Gasteiger partial charge in [-0.3, -0.25) is 4.90 Å². The van der Waals surface area contributed by atoms with Crippen molar-refractivity contribution in [3.8, 4) is 0 Å². The molecule has 0 radical (unpaired) electrons. The molecule has 1 aliphatic rings. The molecule has 0 saturated carbocycles. The minimum Gasteiger partial charge on any atom is -0.315 e. The number of rotatable bonds is 7. The standard InChI is InChI=1S/C15H32N2O2S/c1-15(2,17-11-7-5-6-8-12-17)14(16-3)10-9-13-20(4,18)19/h14,16H,5-13H2,1-4H3. The predicted octanol–water partition coefficient (Wildman–Crippen LogP) is 2.05. The SMILES string of the molecule is CNC(CCCS(C)(=O)=O)C(C)(C)N1CCCCCC1. The lowest BCUT2D eigenvalue weighted by Crippen LogP contribution is -2.57. The number of nitrogens with zero attached hydrogens (tertiary/aromatic N) is 1. The third-order valence-corrected chi connectivity index (χ3v) is 5.66. The van der Waals surface area contributed by atoms with E-state index in [4.69, 9.17) is 0 Å². The van der Waals surface area contributed by atoms with Gasteiger partial charge in [0.2, 0.25) is 0 Å². The lowest BCUT2D eigenvalue weighted by atomic mass is 9.89.